The summed E-state index contributed by atoms with van der Waals surface area (Å²) in [5.74, 6) is -2.27. The van der Waals surface area contributed by atoms with Crippen molar-refractivity contribution in [2.24, 2.45) is 0 Å². The van der Waals surface area contributed by atoms with Crippen LogP contribution < -0.4 is 0 Å². The van der Waals surface area contributed by atoms with Crippen molar-refractivity contribution in [3.05, 3.63) is 12.7 Å². The molecule has 0 aliphatic heterocycles. The smallest absolute Gasteiger partial charge is 0.330 e. The average molecular weight is 467 g/mol. The lowest BCUT2D eigenvalue weighted by Gasteiger charge is -2.22. The van der Waals surface area contributed by atoms with Gasteiger partial charge < -0.3 is 14.9 Å². The zero-order valence-electron chi connectivity index (χ0n) is 18.0. The number of hydrogen-bond acceptors (Lipinski definition) is 7. The minimum atomic E-state index is -1.04. The van der Waals surface area contributed by atoms with Gasteiger partial charge in [0.15, 0.2) is 0 Å². The van der Waals surface area contributed by atoms with Crippen LogP contribution in [0.5, 0.6) is 0 Å². The molecule has 2 N–H and O–H groups in total. The van der Waals surface area contributed by atoms with Gasteiger partial charge >= 0.3 is 17.9 Å². The van der Waals surface area contributed by atoms with Gasteiger partial charge in [-0.25, -0.2) is 4.79 Å². The van der Waals surface area contributed by atoms with Gasteiger partial charge in [0.2, 0.25) is 0 Å². The molecule has 6 nitrogen and oxygen atoms in total. The summed E-state index contributed by atoms with van der Waals surface area (Å²) in [4.78, 5) is 32.3. The number of carbonyl (C=O) groups is 3. The van der Waals surface area contributed by atoms with Crippen molar-refractivity contribution in [3.63, 3.8) is 0 Å². The predicted octanol–water partition coefficient (Wildman–Crippen LogP) is 5.54. The largest absolute Gasteiger partial charge is 0.480 e. The minimum Gasteiger partial charge on any atom is -0.480 e. The molecule has 0 aromatic carbocycles. The third kappa shape index (κ3) is 16.4. The third-order valence-electron chi connectivity index (χ3n) is 3.62. The van der Waals surface area contributed by atoms with Crippen LogP contribution in [0, 0.1) is 0 Å². The summed E-state index contributed by atoms with van der Waals surface area (Å²) in [5, 5.41) is 17.8. The lowest BCUT2D eigenvalue weighted by atomic mass is 10.1. The van der Waals surface area contributed by atoms with Gasteiger partial charge in [-0.2, -0.15) is 0 Å². The number of ether oxygens (including phenoxy) is 1. The summed E-state index contributed by atoms with van der Waals surface area (Å²) in [7, 11) is 0. The molecule has 0 spiro atoms. The Bertz CT molecular complexity index is 528. The summed E-state index contributed by atoms with van der Waals surface area (Å²) >= 11 is 6.96. The predicted molar refractivity (Wildman–Crippen MR) is 126 cm³/mol. The molecular formula is C20H34O6S3. The van der Waals surface area contributed by atoms with Crippen LogP contribution in [0.1, 0.15) is 73.1 Å². The van der Waals surface area contributed by atoms with Crippen molar-refractivity contribution in [1.29, 1.82) is 0 Å². The highest BCUT2D eigenvalue weighted by atomic mass is 32.2. The van der Waals surface area contributed by atoms with Crippen molar-refractivity contribution in [2.45, 2.75) is 82.6 Å². The van der Waals surface area contributed by atoms with Gasteiger partial charge in [-0.15, -0.1) is 0 Å². The van der Waals surface area contributed by atoms with Crippen LogP contribution in [0.15, 0.2) is 12.7 Å². The molecule has 168 valence electrons. The molecule has 0 aliphatic rings. The zero-order valence-corrected chi connectivity index (χ0v) is 20.4. The first-order chi connectivity index (χ1) is 13.3. The fraction of sp³-hybridized carbons (Fsp3) is 0.700. The van der Waals surface area contributed by atoms with Crippen molar-refractivity contribution in [1.82, 2.24) is 0 Å². The number of rotatable bonds is 12. The van der Waals surface area contributed by atoms with Gasteiger partial charge in [0, 0.05) is 6.08 Å². The first kappa shape index (κ1) is 30.1. The fourth-order valence-electron chi connectivity index (χ4n) is 1.64. The van der Waals surface area contributed by atoms with E-state index in [1.807, 2.05) is 0 Å². The molecule has 9 heteroatoms. The van der Waals surface area contributed by atoms with E-state index in [9.17, 15) is 14.4 Å². The number of carbonyl (C=O) groups excluding carboxylic acids is 1. The van der Waals surface area contributed by atoms with Gasteiger partial charge in [0.25, 0.3) is 0 Å². The number of carboxylic acids is 2. The molecule has 0 amide bonds. The van der Waals surface area contributed by atoms with Crippen LogP contribution in [0.2, 0.25) is 0 Å². The molecule has 0 unspecified atom stereocenters. The summed E-state index contributed by atoms with van der Waals surface area (Å²) in [6.07, 6.45) is 8.47. The van der Waals surface area contributed by atoms with Gasteiger partial charge in [0.1, 0.15) is 13.0 Å². The highest BCUT2D eigenvalue weighted by Crippen LogP contribution is 2.36. The number of carboxylic acid groups (broad SMARTS) is 2. The molecule has 0 rings (SSSR count). The second-order valence-corrected chi connectivity index (χ2v) is 11.7. The SMILES string of the molecule is C=CC(=O)OCCCCCCCC.CC(C)(SC(=S)SC(C)(C)C(=O)O)C(=O)O. The van der Waals surface area contributed by atoms with Crippen LogP contribution in [0.3, 0.4) is 0 Å². The summed E-state index contributed by atoms with van der Waals surface area (Å²) in [6, 6.07) is 0. The molecule has 29 heavy (non-hydrogen) atoms. The van der Waals surface area contributed by atoms with Crippen LogP contribution >= 0.6 is 35.7 Å². The molecule has 0 aliphatic carbocycles. The Morgan fingerprint density at radius 3 is 1.72 bits per heavy atom. The topological polar surface area (TPSA) is 101 Å². The molecule has 0 saturated carbocycles. The number of thioether (sulfide) groups is 2. The van der Waals surface area contributed by atoms with E-state index in [0.717, 1.165) is 36.4 Å². The summed E-state index contributed by atoms with van der Waals surface area (Å²) in [5.41, 5.74) is 0. The Morgan fingerprint density at radius 2 is 1.34 bits per heavy atom. The van der Waals surface area contributed by atoms with Gasteiger partial charge in [-0.3, -0.25) is 9.59 Å². The summed E-state index contributed by atoms with van der Waals surface area (Å²) < 4.78 is 3.07. The number of thiocarbonyl (C=S) groups is 1. The Morgan fingerprint density at radius 1 is 0.931 bits per heavy atom. The molecule has 0 radical (unpaired) electrons. The van der Waals surface area contributed by atoms with Crippen LogP contribution in [-0.4, -0.2) is 47.8 Å². The van der Waals surface area contributed by atoms with Crippen molar-refractivity contribution < 1.29 is 29.3 Å². The number of unbranched alkanes of at least 4 members (excludes halogenated alkanes) is 5. The molecule has 0 aromatic heterocycles. The van der Waals surface area contributed by atoms with E-state index >= 15 is 0 Å². The first-order valence-electron chi connectivity index (χ1n) is 9.48. The van der Waals surface area contributed by atoms with E-state index < -0.39 is 21.4 Å². The number of aliphatic carboxylic acids is 2. The molecule has 0 aromatic rings. The van der Waals surface area contributed by atoms with Crippen molar-refractivity contribution >= 4 is 57.2 Å². The lowest BCUT2D eigenvalue weighted by Crippen LogP contribution is -2.31. The maximum Gasteiger partial charge on any atom is 0.330 e. The van der Waals surface area contributed by atoms with Crippen LogP contribution in [0.25, 0.3) is 0 Å². The van der Waals surface area contributed by atoms with Crippen molar-refractivity contribution in [2.75, 3.05) is 6.61 Å². The molecular weight excluding hydrogens is 432 g/mol. The van der Waals surface area contributed by atoms with E-state index in [1.165, 1.54) is 59.5 Å². The second kappa shape index (κ2) is 15.7. The van der Waals surface area contributed by atoms with Crippen molar-refractivity contribution in [3.8, 4) is 0 Å². The Labute approximate surface area is 188 Å². The normalized spacial score (nSPS) is 11.1. The number of esters is 1. The summed E-state index contributed by atoms with van der Waals surface area (Å²) in [6.45, 7) is 12.2. The monoisotopic (exact) mass is 466 g/mol. The third-order valence-corrected chi connectivity index (χ3v) is 6.32. The van der Waals surface area contributed by atoms with Gasteiger partial charge in [0.05, 0.1) is 6.61 Å². The Kier molecular flexibility index (Phi) is 16.4. The highest BCUT2D eigenvalue weighted by Gasteiger charge is 2.34. The number of hydrogen-bond donors (Lipinski definition) is 2. The van der Waals surface area contributed by atoms with E-state index in [-0.39, 0.29) is 5.97 Å². The minimum absolute atomic E-state index is 0.312. The lowest BCUT2D eigenvalue weighted by molar-refractivity contribution is -0.139. The van der Waals surface area contributed by atoms with E-state index in [1.54, 1.807) is 0 Å². The maximum atomic E-state index is 10.8. The maximum absolute atomic E-state index is 10.8. The second-order valence-electron chi connectivity index (χ2n) is 7.22. The molecule has 0 atom stereocenters. The van der Waals surface area contributed by atoms with Crippen LogP contribution in [0.4, 0.5) is 0 Å². The Balaban J connectivity index is 0. The quantitative estimate of drug-likeness (QED) is 0.166. The van der Waals surface area contributed by atoms with Crippen LogP contribution in [-0.2, 0) is 19.1 Å². The van der Waals surface area contributed by atoms with E-state index in [2.05, 4.69) is 13.5 Å². The van der Waals surface area contributed by atoms with E-state index in [4.69, 9.17) is 27.2 Å². The van der Waals surface area contributed by atoms with E-state index in [0.29, 0.717) is 10.1 Å². The van der Waals surface area contributed by atoms with Gasteiger partial charge in [-0.05, 0) is 34.1 Å². The average Bonchev–Trinajstić information content (AvgIpc) is 2.59. The molecule has 0 saturated heterocycles. The molecule has 0 bridgehead atoms. The Hall–Kier alpha value is -1.06. The standard InChI is InChI=1S/C11H20O2.C9H14O4S3/c1-3-5-6-7-8-9-10-13-11(12)4-2;1-8(2,5(10)11)15-7(14)16-9(3,4)6(12)13/h4H,2-3,5-10H2,1H3;1-4H3,(H,10,11)(H,12,13). The first-order valence-corrected chi connectivity index (χ1v) is 11.5. The molecule has 0 fully saturated rings. The molecule has 0 heterocycles. The highest BCUT2D eigenvalue weighted by molar-refractivity contribution is 8.48. The fourth-order valence-corrected chi connectivity index (χ4v) is 5.31. The zero-order chi connectivity index (χ0) is 23.1. The van der Waals surface area contributed by atoms with Gasteiger partial charge in [-0.1, -0.05) is 81.3 Å².